The van der Waals surface area contributed by atoms with Crippen LogP contribution < -0.4 is 0 Å². The summed E-state index contributed by atoms with van der Waals surface area (Å²) in [6, 6.07) is 2.67. The molecule has 1 aliphatic carbocycles. The molecule has 0 radical (unpaired) electrons. The maximum absolute atomic E-state index is 12.7. The molecule has 22 heavy (non-hydrogen) atoms. The Kier molecular flexibility index (Phi) is 5.68. The lowest BCUT2D eigenvalue weighted by Gasteiger charge is -2.26. The standard InChI is InChI=1S/C18H31N3O/c1-14-13-17(18(22)20(5)12-11-19(3)4)15(2)21(14)16-9-7-6-8-10-16/h13,16H,6-12H2,1-5H3. The molecule has 1 aromatic heterocycles. The molecule has 0 spiro atoms. The quantitative estimate of drug-likeness (QED) is 0.835. The smallest absolute Gasteiger partial charge is 0.255 e. The molecular weight excluding hydrogens is 274 g/mol. The molecule has 1 amide bonds. The second-order valence-electron chi connectivity index (χ2n) is 6.98. The third-order valence-electron chi connectivity index (χ3n) is 4.88. The Balaban J connectivity index is 2.16. The van der Waals surface area contributed by atoms with Crippen LogP contribution in [0.25, 0.3) is 0 Å². The Morgan fingerprint density at radius 3 is 2.36 bits per heavy atom. The maximum atomic E-state index is 12.7. The predicted molar refractivity (Wildman–Crippen MR) is 91.5 cm³/mol. The number of nitrogens with zero attached hydrogens (tertiary/aromatic N) is 3. The maximum Gasteiger partial charge on any atom is 0.255 e. The number of carbonyl (C=O) groups is 1. The van der Waals surface area contributed by atoms with Gasteiger partial charge in [0.2, 0.25) is 0 Å². The highest BCUT2D eigenvalue weighted by Crippen LogP contribution is 2.32. The van der Waals surface area contributed by atoms with E-state index in [1.807, 2.05) is 26.0 Å². The molecule has 1 heterocycles. The zero-order chi connectivity index (χ0) is 16.3. The molecule has 1 saturated carbocycles. The van der Waals surface area contributed by atoms with Crippen LogP contribution in [-0.4, -0.2) is 54.5 Å². The second-order valence-corrected chi connectivity index (χ2v) is 6.98. The molecule has 4 heteroatoms. The van der Waals surface area contributed by atoms with Crippen LogP contribution in [0.15, 0.2) is 6.07 Å². The van der Waals surface area contributed by atoms with E-state index in [0.717, 1.165) is 24.3 Å². The highest BCUT2D eigenvalue weighted by atomic mass is 16.2. The van der Waals surface area contributed by atoms with Gasteiger partial charge < -0.3 is 14.4 Å². The molecule has 4 nitrogen and oxygen atoms in total. The summed E-state index contributed by atoms with van der Waals surface area (Å²) in [5.74, 6) is 0.150. The number of aromatic nitrogens is 1. The fraction of sp³-hybridized carbons (Fsp3) is 0.722. The van der Waals surface area contributed by atoms with Crippen LogP contribution >= 0.6 is 0 Å². The van der Waals surface area contributed by atoms with E-state index in [2.05, 4.69) is 29.4 Å². The molecule has 2 rings (SSSR count). The molecule has 0 N–H and O–H groups in total. The lowest BCUT2D eigenvalue weighted by Crippen LogP contribution is -2.33. The van der Waals surface area contributed by atoms with Crippen LogP contribution in [-0.2, 0) is 0 Å². The van der Waals surface area contributed by atoms with Crippen molar-refractivity contribution in [2.75, 3.05) is 34.2 Å². The Hall–Kier alpha value is -1.29. The molecule has 1 fully saturated rings. The SMILES string of the molecule is Cc1cc(C(=O)N(C)CCN(C)C)c(C)n1C1CCCCC1. The predicted octanol–water partition coefficient (Wildman–Crippen LogP) is 3.24. The summed E-state index contributed by atoms with van der Waals surface area (Å²) >= 11 is 0. The number of rotatable bonds is 5. The first-order valence-corrected chi connectivity index (χ1v) is 8.50. The van der Waals surface area contributed by atoms with Crippen LogP contribution in [0.3, 0.4) is 0 Å². The van der Waals surface area contributed by atoms with Gasteiger partial charge in [-0.1, -0.05) is 19.3 Å². The summed E-state index contributed by atoms with van der Waals surface area (Å²) in [5, 5.41) is 0. The van der Waals surface area contributed by atoms with E-state index in [4.69, 9.17) is 0 Å². The molecule has 0 aromatic carbocycles. The third-order valence-corrected chi connectivity index (χ3v) is 4.88. The molecule has 0 saturated heterocycles. The second kappa shape index (κ2) is 7.32. The van der Waals surface area contributed by atoms with Crippen molar-refractivity contribution in [3.8, 4) is 0 Å². The van der Waals surface area contributed by atoms with Gasteiger partial charge in [-0.25, -0.2) is 0 Å². The van der Waals surface area contributed by atoms with E-state index in [0.29, 0.717) is 6.04 Å². The first kappa shape index (κ1) is 17.1. The summed E-state index contributed by atoms with van der Waals surface area (Å²) in [7, 11) is 5.97. The van der Waals surface area contributed by atoms with Crippen molar-refractivity contribution in [1.29, 1.82) is 0 Å². The third kappa shape index (κ3) is 3.72. The van der Waals surface area contributed by atoms with E-state index in [1.54, 1.807) is 0 Å². The minimum absolute atomic E-state index is 0.150. The van der Waals surface area contributed by atoms with Crippen LogP contribution in [0.2, 0.25) is 0 Å². The minimum Gasteiger partial charge on any atom is -0.345 e. The van der Waals surface area contributed by atoms with Gasteiger partial charge in [0.05, 0.1) is 5.56 Å². The Bertz CT molecular complexity index is 513. The first-order chi connectivity index (χ1) is 10.4. The number of amides is 1. The number of carbonyl (C=O) groups excluding carboxylic acids is 1. The molecule has 0 bridgehead atoms. The lowest BCUT2D eigenvalue weighted by atomic mass is 9.95. The molecule has 1 aromatic rings. The zero-order valence-electron chi connectivity index (χ0n) is 14.9. The monoisotopic (exact) mass is 305 g/mol. The van der Waals surface area contributed by atoms with Crippen molar-refractivity contribution in [3.05, 3.63) is 23.0 Å². The van der Waals surface area contributed by atoms with Crippen molar-refractivity contribution in [1.82, 2.24) is 14.4 Å². The van der Waals surface area contributed by atoms with Gasteiger partial charge in [0.1, 0.15) is 0 Å². The number of hydrogen-bond donors (Lipinski definition) is 0. The average molecular weight is 305 g/mol. The van der Waals surface area contributed by atoms with Gasteiger partial charge in [0.15, 0.2) is 0 Å². The van der Waals surface area contributed by atoms with Gasteiger partial charge in [-0.2, -0.15) is 0 Å². The van der Waals surface area contributed by atoms with Gasteiger partial charge in [0.25, 0.3) is 5.91 Å². The summed E-state index contributed by atoms with van der Waals surface area (Å²) < 4.78 is 2.41. The summed E-state index contributed by atoms with van der Waals surface area (Å²) in [4.78, 5) is 16.7. The van der Waals surface area contributed by atoms with Gasteiger partial charge in [0, 0.05) is 37.6 Å². The van der Waals surface area contributed by atoms with E-state index in [9.17, 15) is 4.79 Å². The highest BCUT2D eigenvalue weighted by Gasteiger charge is 2.23. The summed E-state index contributed by atoms with van der Waals surface area (Å²) in [6.07, 6.45) is 6.48. The fourth-order valence-electron chi connectivity index (χ4n) is 3.55. The Morgan fingerprint density at radius 2 is 1.77 bits per heavy atom. The van der Waals surface area contributed by atoms with Crippen LogP contribution in [0.1, 0.15) is 59.9 Å². The number of aryl methyl sites for hydroxylation is 1. The molecule has 124 valence electrons. The summed E-state index contributed by atoms with van der Waals surface area (Å²) in [5.41, 5.74) is 3.25. The van der Waals surface area contributed by atoms with Gasteiger partial charge in [-0.15, -0.1) is 0 Å². The minimum atomic E-state index is 0.150. The Labute approximate surface area is 135 Å². The van der Waals surface area contributed by atoms with Gasteiger partial charge in [-0.3, -0.25) is 4.79 Å². The molecule has 1 aliphatic rings. The van der Waals surface area contributed by atoms with Crippen molar-refractivity contribution in [2.24, 2.45) is 0 Å². The molecular formula is C18H31N3O. The van der Waals surface area contributed by atoms with Crippen molar-refractivity contribution in [3.63, 3.8) is 0 Å². The van der Waals surface area contributed by atoms with Gasteiger partial charge >= 0.3 is 0 Å². The zero-order valence-corrected chi connectivity index (χ0v) is 14.9. The Morgan fingerprint density at radius 1 is 1.14 bits per heavy atom. The van der Waals surface area contributed by atoms with Crippen molar-refractivity contribution in [2.45, 2.75) is 52.0 Å². The van der Waals surface area contributed by atoms with Gasteiger partial charge in [-0.05, 0) is 46.9 Å². The lowest BCUT2D eigenvalue weighted by molar-refractivity contribution is 0.0785. The number of likely N-dealkylation sites (N-methyl/N-ethyl adjacent to an activating group) is 2. The summed E-state index contributed by atoms with van der Waals surface area (Å²) in [6.45, 7) is 5.90. The van der Waals surface area contributed by atoms with E-state index in [-0.39, 0.29) is 5.91 Å². The average Bonchev–Trinajstić information content (AvgIpc) is 2.79. The van der Waals surface area contributed by atoms with E-state index in [1.165, 1.54) is 37.8 Å². The van der Waals surface area contributed by atoms with E-state index >= 15 is 0 Å². The topological polar surface area (TPSA) is 28.5 Å². The van der Waals surface area contributed by atoms with Crippen LogP contribution in [0, 0.1) is 13.8 Å². The molecule has 0 aliphatic heterocycles. The fourth-order valence-corrected chi connectivity index (χ4v) is 3.55. The number of hydrogen-bond acceptors (Lipinski definition) is 2. The highest BCUT2D eigenvalue weighted by molar-refractivity contribution is 5.95. The van der Waals surface area contributed by atoms with Crippen LogP contribution in [0.4, 0.5) is 0 Å². The largest absolute Gasteiger partial charge is 0.345 e. The van der Waals surface area contributed by atoms with E-state index < -0.39 is 0 Å². The van der Waals surface area contributed by atoms with Crippen LogP contribution in [0.5, 0.6) is 0 Å². The first-order valence-electron chi connectivity index (χ1n) is 8.50. The van der Waals surface area contributed by atoms with Crippen molar-refractivity contribution >= 4 is 5.91 Å². The normalized spacial score (nSPS) is 16.3. The molecule has 0 atom stereocenters. The molecule has 0 unspecified atom stereocenters. The van der Waals surface area contributed by atoms with Crippen molar-refractivity contribution < 1.29 is 4.79 Å².